The second-order valence-electron chi connectivity index (χ2n) is 5.51. The van der Waals surface area contributed by atoms with Crippen molar-refractivity contribution in [2.45, 2.75) is 18.6 Å². The standard InChI is InChI=1S/C15H22F3N3/c16-15(17,18)12-20-6-8-21(9-7-20)14(11-19)10-13-4-2-1-3-5-13/h1-5,14H,6-12,19H2. The Hall–Kier alpha value is -1.11. The molecule has 118 valence electrons. The summed E-state index contributed by atoms with van der Waals surface area (Å²) < 4.78 is 37.1. The minimum atomic E-state index is -4.11. The van der Waals surface area contributed by atoms with Crippen LogP contribution in [0.1, 0.15) is 5.56 Å². The second kappa shape index (κ2) is 7.24. The minimum absolute atomic E-state index is 0.195. The first-order valence-electron chi connectivity index (χ1n) is 7.25. The summed E-state index contributed by atoms with van der Waals surface area (Å²) in [5, 5.41) is 0. The Labute approximate surface area is 123 Å². The summed E-state index contributed by atoms with van der Waals surface area (Å²) in [5.41, 5.74) is 7.07. The number of halogens is 3. The van der Waals surface area contributed by atoms with Gasteiger partial charge in [-0.15, -0.1) is 0 Å². The summed E-state index contributed by atoms with van der Waals surface area (Å²) in [5.74, 6) is 0. The van der Waals surface area contributed by atoms with Gasteiger partial charge in [0.05, 0.1) is 6.54 Å². The second-order valence-corrected chi connectivity index (χ2v) is 5.51. The van der Waals surface area contributed by atoms with Crippen LogP contribution in [0.25, 0.3) is 0 Å². The van der Waals surface area contributed by atoms with Gasteiger partial charge in [0.2, 0.25) is 0 Å². The highest BCUT2D eigenvalue weighted by molar-refractivity contribution is 5.16. The third kappa shape index (κ3) is 5.30. The van der Waals surface area contributed by atoms with Gasteiger partial charge in [0, 0.05) is 38.8 Å². The van der Waals surface area contributed by atoms with E-state index in [1.807, 2.05) is 18.2 Å². The lowest BCUT2D eigenvalue weighted by molar-refractivity contribution is -0.149. The fourth-order valence-electron chi connectivity index (χ4n) is 2.79. The summed E-state index contributed by atoms with van der Waals surface area (Å²) in [6, 6.07) is 10.3. The molecule has 21 heavy (non-hydrogen) atoms. The molecule has 0 aliphatic carbocycles. The quantitative estimate of drug-likeness (QED) is 0.899. The summed E-state index contributed by atoms with van der Waals surface area (Å²) in [4.78, 5) is 3.67. The van der Waals surface area contributed by atoms with Gasteiger partial charge in [0.1, 0.15) is 0 Å². The topological polar surface area (TPSA) is 32.5 Å². The summed E-state index contributed by atoms with van der Waals surface area (Å²) in [6.45, 7) is 1.89. The molecule has 1 fully saturated rings. The molecule has 1 saturated heterocycles. The molecule has 0 amide bonds. The molecule has 1 aliphatic heterocycles. The molecule has 3 nitrogen and oxygen atoms in total. The number of hydrogen-bond acceptors (Lipinski definition) is 3. The molecule has 1 atom stereocenters. The molecule has 0 radical (unpaired) electrons. The van der Waals surface area contributed by atoms with Gasteiger partial charge in [0.25, 0.3) is 0 Å². The zero-order valence-electron chi connectivity index (χ0n) is 12.0. The number of hydrogen-bond donors (Lipinski definition) is 1. The van der Waals surface area contributed by atoms with Crippen LogP contribution in [-0.4, -0.2) is 61.3 Å². The lowest BCUT2D eigenvalue weighted by atomic mass is 10.0. The Morgan fingerprint density at radius 1 is 1.05 bits per heavy atom. The number of nitrogens with two attached hydrogens (primary N) is 1. The van der Waals surface area contributed by atoms with Crippen LogP contribution in [0.15, 0.2) is 30.3 Å². The first-order chi connectivity index (χ1) is 9.98. The zero-order chi connectivity index (χ0) is 15.3. The van der Waals surface area contributed by atoms with Crippen LogP contribution in [0.2, 0.25) is 0 Å². The molecule has 0 saturated carbocycles. The van der Waals surface area contributed by atoms with Crippen molar-refractivity contribution in [3.05, 3.63) is 35.9 Å². The first kappa shape index (κ1) is 16.3. The Balaban J connectivity index is 1.85. The molecule has 0 aromatic heterocycles. The Morgan fingerprint density at radius 2 is 1.67 bits per heavy atom. The zero-order valence-corrected chi connectivity index (χ0v) is 12.0. The maximum Gasteiger partial charge on any atom is 0.401 e. The Bertz CT molecular complexity index is 414. The van der Waals surface area contributed by atoms with E-state index in [1.165, 1.54) is 10.5 Å². The SMILES string of the molecule is NCC(Cc1ccccc1)N1CCN(CC(F)(F)F)CC1. The van der Waals surface area contributed by atoms with Gasteiger partial charge in [-0.25, -0.2) is 0 Å². The van der Waals surface area contributed by atoms with Crippen LogP contribution in [-0.2, 0) is 6.42 Å². The molecule has 1 unspecified atom stereocenters. The molecular weight excluding hydrogens is 279 g/mol. The maximum atomic E-state index is 12.4. The fourth-order valence-corrected chi connectivity index (χ4v) is 2.79. The lowest BCUT2D eigenvalue weighted by Crippen LogP contribution is -2.54. The van der Waals surface area contributed by atoms with E-state index in [4.69, 9.17) is 5.73 Å². The molecule has 1 aromatic carbocycles. The number of rotatable bonds is 5. The molecule has 6 heteroatoms. The van der Waals surface area contributed by atoms with Gasteiger partial charge in [-0.1, -0.05) is 30.3 Å². The minimum Gasteiger partial charge on any atom is -0.329 e. The normalized spacial score (nSPS) is 19.6. The van der Waals surface area contributed by atoms with E-state index in [0.717, 1.165) is 6.42 Å². The largest absolute Gasteiger partial charge is 0.401 e. The molecule has 1 heterocycles. The Kier molecular flexibility index (Phi) is 5.61. The molecule has 1 aliphatic rings. The highest BCUT2D eigenvalue weighted by Crippen LogP contribution is 2.18. The van der Waals surface area contributed by atoms with Gasteiger partial charge < -0.3 is 5.73 Å². The van der Waals surface area contributed by atoms with E-state index in [1.54, 1.807) is 0 Å². The molecule has 0 spiro atoms. The van der Waals surface area contributed by atoms with Crippen LogP contribution >= 0.6 is 0 Å². The van der Waals surface area contributed by atoms with Crippen LogP contribution in [0.3, 0.4) is 0 Å². The van der Waals surface area contributed by atoms with Crippen molar-refractivity contribution in [2.75, 3.05) is 39.3 Å². The van der Waals surface area contributed by atoms with Gasteiger partial charge in [-0.05, 0) is 12.0 Å². The van der Waals surface area contributed by atoms with Gasteiger partial charge in [0.15, 0.2) is 0 Å². The van der Waals surface area contributed by atoms with E-state index in [0.29, 0.717) is 32.7 Å². The smallest absolute Gasteiger partial charge is 0.329 e. The van der Waals surface area contributed by atoms with Crippen molar-refractivity contribution >= 4 is 0 Å². The Morgan fingerprint density at radius 3 is 2.19 bits per heavy atom. The van der Waals surface area contributed by atoms with Gasteiger partial charge in [-0.2, -0.15) is 13.2 Å². The predicted molar refractivity (Wildman–Crippen MR) is 77.1 cm³/mol. The molecule has 2 rings (SSSR count). The van der Waals surface area contributed by atoms with E-state index in [-0.39, 0.29) is 6.04 Å². The molecule has 1 aromatic rings. The van der Waals surface area contributed by atoms with E-state index in [9.17, 15) is 13.2 Å². The summed E-state index contributed by atoms with van der Waals surface area (Å²) in [6.07, 6.45) is -3.27. The number of benzene rings is 1. The summed E-state index contributed by atoms with van der Waals surface area (Å²) in [7, 11) is 0. The highest BCUT2D eigenvalue weighted by Gasteiger charge is 2.33. The fraction of sp³-hybridized carbons (Fsp3) is 0.600. The molecular formula is C15H22F3N3. The highest BCUT2D eigenvalue weighted by atomic mass is 19.4. The van der Waals surface area contributed by atoms with Crippen molar-refractivity contribution in [3.63, 3.8) is 0 Å². The monoisotopic (exact) mass is 301 g/mol. The van der Waals surface area contributed by atoms with Crippen molar-refractivity contribution in [2.24, 2.45) is 5.73 Å². The average molecular weight is 301 g/mol. The van der Waals surface area contributed by atoms with E-state index < -0.39 is 12.7 Å². The molecule has 0 bridgehead atoms. The van der Waals surface area contributed by atoms with Gasteiger partial charge >= 0.3 is 6.18 Å². The van der Waals surface area contributed by atoms with Crippen LogP contribution in [0.4, 0.5) is 13.2 Å². The van der Waals surface area contributed by atoms with Gasteiger partial charge in [-0.3, -0.25) is 9.80 Å². The maximum absolute atomic E-state index is 12.4. The first-order valence-corrected chi connectivity index (χ1v) is 7.25. The third-order valence-corrected chi connectivity index (χ3v) is 3.91. The number of alkyl halides is 3. The molecule has 2 N–H and O–H groups in total. The third-order valence-electron chi connectivity index (χ3n) is 3.91. The van der Waals surface area contributed by atoms with Crippen molar-refractivity contribution < 1.29 is 13.2 Å². The van der Waals surface area contributed by atoms with Crippen molar-refractivity contribution in [1.29, 1.82) is 0 Å². The summed E-state index contributed by atoms with van der Waals surface area (Å²) >= 11 is 0. The lowest BCUT2D eigenvalue weighted by Gasteiger charge is -2.39. The number of nitrogens with zero attached hydrogens (tertiary/aromatic N) is 2. The van der Waals surface area contributed by atoms with E-state index >= 15 is 0 Å². The average Bonchev–Trinajstić information content (AvgIpc) is 2.45. The van der Waals surface area contributed by atoms with Crippen LogP contribution in [0, 0.1) is 0 Å². The number of piperazine rings is 1. The van der Waals surface area contributed by atoms with Crippen molar-refractivity contribution in [1.82, 2.24) is 9.80 Å². The predicted octanol–water partition coefficient (Wildman–Crippen LogP) is 1.74. The van der Waals surface area contributed by atoms with Crippen LogP contribution < -0.4 is 5.73 Å². The van der Waals surface area contributed by atoms with E-state index in [2.05, 4.69) is 17.0 Å². The van der Waals surface area contributed by atoms with Crippen molar-refractivity contribution in [3.8, 4) is 0 Å². The van der Waals surface area contributed by atoms with Crippen LogP contribution in [0.5, 0.6) is 0 Å².